The number of hydrogen-bond donors (Lipinski definition) is 2. The molecular weight excluding hydrogens is 334 g/mol. The number of aromatic nitrogens is 1. The van der Waals surface area contributed by atoms with Gasteiger partial charge in [0.05, 0.1) is 6.04 Å². The van der Waals surface area contributed by atoms with Gasteiger partial charge in [0.2, 0.25) is 11.8 Å². The van der Waals surface area contributed by atoms with Crippen molar-refractivity contribution >= 4 is 46.9 Å². The zero-order chi connectivity index (χ0) is 16.3. The lowest BCUT2D eigenvalue weighted by molar-refractivity contribution is -0.117. The van der Waals surface area contributed by atoms with Crippen LogP contribution in [0.25, 0.3) is 11.1 Å². The van der Waals surface area contributed by atoms with Crippen molar-refractivity contribution in [1.82, 2.24) is 4.98 Å². The van der Waals surface area contributed by atoms with Gasteiger partial charge in [0.1, 0.15) is 5.52 Å². The Bertz CT molecular complexity index is 667. The van der Waals surface area contributed by atoms with Crippen molar-refractivity contribution in [3.05, 3.63) is 24.1 Å². The second-order valence-corrected chi connectivity index (χ2v) is 7.31. The molecule has 0 aliphatic carbocycles. The highest BCUT2D eigenvalue weighted by Crippen LogP contribution is 2.27. The first-order valence-corrected chi connectivity index (χ1v) is 8.67. The zero-order valence-corrected chi connectivity index (χ0v) is 15.5. The zero-order valence-electron chi connectivity index (χ0n) is 13.9. The van der Waals surface area contributed by atoms with Crippen LogP contribution in [0.1, 0.15) is 33.1 Å². The number of carbonyl (C=O) groups excluding carboxylic acids is 1. The maximum atomic E-state index is 12.0. The van der Waals surface area contributed by atoms with Crippen LogP contribution in [0.5, 0.6) is 0 Å². The molecule has 0 bridgehead atoms. The van der Waals surface area contributed by atoms with Crippen molar-refractivity contribution in [3.63, 3.8) is 0 Å². The Morgan fingerprint density at radius 2 is 2.13 bits per heavy atom. The predicted octanol–water partition coefficient (Wildman–Crippen LogP) is 3.57. The van der Waals surface area contributed by atoms with E-state index in [9.17, 15) is 4.79 Å². The Hall–Kier alpha value is -1.24. The summed E-state index contributed by atoms with van der Waals surface area (Å²) in [6, 6.07) is 4.94. The predicted molar refractivity (Wildman–Crippen MR) is 99.6 cm³/mol. The van der Waals surface area contributed by atoms with Crippen LogP contribution in [0.4, 0.5) is 5.69 Å². The van der Waals surface area contributed by atoms with Crippen LogP contribution >= 0.6 is 24.2 Å². The third kappa shape index (κ3) is 5.12. The minimum atomic E-state index is -0.495. The quantitative estimate of drug-likeness (QED) is 0.854. The molecule has 0 spiro atoms. The van der Waals surface area contributed by atoms with Crippen molar-refractivity contribution in [2.24, 2.45) is 5.73 Å². The molecule has 0 saturated heterocycles. The molecule has 5 nitrogen and oxygen atoms in total. The molecular formula is C16H24ClN3O2S. The summed E-state index contributed by atoms with van der Waals surface area (Å²) in [5.74, 6) is 1.38. The number of nitrogens with zero attached hydrogens (tertiary/aromatic N) is 1. The van der Waals surface area contributed by atoms with E-state index in [1.165, 1.54) is 0 Å². The van der Waals surface area contributed by atoms with Crippen LogP contribution in [0.3, 0.4) is 0 Å². The van der Waals surface area contributed by atoms with Crippen LogP contribution in [0.2, 0.25) is 0 Å². The highest BCUT2D eigenvalue weighted by atomic mass is 35.5. The third-order valence-electron chi connectivity index (χ3n) is 3.27. The number of hydrogen-bond acceptors (Lipinski definition) is 5. The molecule has 0 aliphatic heterocycles. The summed E-state index contributed by atoms with van der Waals surface area (Å²) >= 11 is 1.68. The number of nitrogens with two attached hydrogens (primary N) is 1. The van der Waals surface area contributed by atoms with Crippen molar-refractivity contribution in [2.45, 2.75) is 38.6 Å². The molecule has 0 fully saturated rings. The van der Waals surface area contributed by atoms with Gasteiger partial charge in [0, 0.05) is 11.1 Å². The standard InChI is InChI=1S/C16H23N3O2S.ClH/c1-16(2,3)15-19-12-9-10(5-6-13(12)21-15)18-14(20)11(17)7-8-22-4;/h5-6,9,11H,7-8,17H2,1-4H3,(H,18,20);1H. The lowest BCUT2D eigenvalue weighted by Crippen LogP contribution is -2.36. The van der Waals surface area contributed by atoms with E-state index in [4.69, 9.17) is 10.2 Å². The average molecular weight is 358 g/mol. The monoisotopic (exact) mass is 357 g/mol. The Morgan fingerprint density at radius 3 is 2.74 bits per heavy atom. The molecule has 23 heavy (non-hydrogen) atoms. The molecule has 1 aromatic carbocycles. The summed E-state index contributed by atoms with van der Waals surface area (Å²) in [5, 5.41) is 2.84. The molecule has 0 radical (unpaired) electrons. The largest absolute Gasteiger partial charge is 0.440 e. The minimum absolute atomic E-state index is 0. The fourth-order valence-electron chi connectivity index (χ4n) is 1.94. The molecule has 1 atom stereocenters. The molecule has 128 valence electrons. The molecule has 1 amide bonds. The van der Waals surface area contributed by atoms with E-state index in [0.29, 0.717) is 18.0 Å². The number of carbonyl (C=O) groups is 1. The minimum Gasteiger partial charge on any atom is -0.440 e. The SMILES string of the molecule is CSCCC(N)C(=O)Nc1ccc2oc(C(C)(C)C)nc2c1.Cl. The normalized spacial score (nSPS) is 12.7. The van der Waals surface area contributed by atoms with Gasteiger partial charge < -0.3 is 15.5 Å². The van der Waals surface area contributed by atoms with Crippen LogP contribution in [0, 0.1) is 0 Å². The van der Waals surface area contributed by atoms with Gasteiger partial charge in [-0.05, 0) is 36.6 Å². The fraction of sp³-hybridized carbons (Fsp3) is 0.500. The number of nitrogens with one attached hydrogen (secondary N) is 1. The Kier molecular flexibility index (Phi) is 6.92. The fourth-order valence-corrected chi connectivity index (χ4v) is 2.43. The van der Waals surface area contributed by atoms with E-state index < -0.39 is 6.04 Å². The van der Waals surface area contributed by atoms with Gasteiger partial charge in [0.25, 0.3) is 0 Å². The summed E-state index contributed by atoms with van der Waals surface area (Å²) in [7, 11) is 0. The van der Waals surface area contributed by atoms with Crippen molar-refractivity contribution < 1.29 is 9.21 Å². The molecule has 0 aliphatic rings. The summed E-state index contributed by atoms with van der Waals surface area (Å²) in [4.78, 5) is 16.5. The second-order valence-electron chi connectivity index (χ2n) is 6.33. The Balaban J connectivity index is 0.00000264. The maximum absolute atomic E-state index is 12.0. The first-order valence-electron chi connectivity index (χ1n) is 7.27. The van der Waals surface area contributed by atoms with Gasteiger partial charge in [-0.1, -0.05) is 20.8 Å². The molecule has 1 heterocycles. The lowest BCUT2D eigenvalue weighted by atomic mass is 9.97. The number of rotatable bonds is 5. The number of amides is 1. The van der Waals surface area contributed by atoms with E-state index in [0.717, 1.165) is 16.9 Å². The Labute approximate surface area is 147 Å². The topological polar surface area (TPSA) is 81.2 Å². The Morgan fingerprint density at radius 1 is 1.43 bits per heavy atom. The van der Waals surface area contributed by atoms with E-state index in [2.05, 4.69) is 10.3 Å². The van der Waals surface area contributed by atoms with Crippen LogP contribution in [0.15, 0.2) is 22.6 Å². The average Bonchev–Trinajstić information content (AvgIpc) is 2.87. The van der Waals surface area contributed by atoms with Gasteiger partial charge in [0.15, 0.2) is 5.58 Å². The number of benzene rings is 1. The number of fused-ring (bicyclic) bond motifs is 1. The van der Waals surface area contributed by atoms with E-state index in [1.54, 1.807) is 17.8 Å². The van der Waals surface area contributed by atoms with Gasteiger partial charge in [-0.2, -0.15) is 11.8 Å². The smallest absolute Gasteiger partial charge is 0.241 e. The number of halogens is 1. The summed E-state index contributed by atoms with van der Waals surface area (Å²) in [5.41, 5.74) is 7.85. The van der Waals surface area contributed by atoms with E-state index in [1.807, 2.05) is 39.2 Å². The lowest BCUT2D eigenvalue weighted by Gasteiger charge is -2.11. The van der Waals surface area contributed by atoms with Crippen LogP contribution in [-0.2, 0) is 10.2 Å². The van der Waals surface area contributed by atoms with Gasteiger partial charge >= 0.3 is 0 Å². The molecule has 0 saturated carbocycles. The summed E-state index contributed by atoms with van der Waals surface area (Å²) in [6.45, 7) is 6.14. The first kappa shape index (κ1) is 19.8. The molecule has 7 heteroatoms. The number of oxazole rings is 1. The first-order chi connectivity index (χ1) is 10.3. The maximum Gasteiger partial charge on any atom is 0.241 e. The highest BCUT2D eigenvalue weighted by Gasteiger charge is 2.21. The third-order valence-corrected chi connectivity index (χ3v) is 3.91. The van der Waals surface area contributed by atoms with Gasteiger partial charge in [-0.3, -0.25) is 4.79 Å². The van der Waals surface area contributed by atoms with E-state index >= 15 is 0 Å². The van der Waals surface area contributed by atoms with Crippen molar-refractivity contribution in [3.8, 4) is 0 Å². The van der Waals surface area contributed by atoms with Crippen molar-refractivity contribution in [2.75, 3.05) is 17.3 Å². The highest BCUT2D eigenvalue weighted by molar-refractivity contribution is 7.98. The molecule has 2 aromatic rings. The second kappa shape index (κ2) is 8.04. The van der Waals surface area contributed by atoms with Gasteiger partial charge in [-0.15, -0.1) is 12.4 Å². The molecule has 1 aromatic heterocycles. The van der Waals surface area contributed by atoms with Crippen molar-refractivity contribution in [1.29, 1.82) is 0 Å². The molecule has 3 N–H and O–H groups in total. The van der Waals surface area contributed by atoms with Crippen LogP contribution < -0.4 is 11.1 Å². The number of thioether (sulfide) groups is 1. The summed E-state index contributed by atoms with van der Waals surface area (Å²) in [6.07, 6.45) is 2.66. The van der Waals surface area contributed by atoms with Crippen LogP contribution in [-0.4, -0.2) is 28.9 Å². The molecule has 1 unspecified atom stereocenters. The summed E-state index contributed by atoms with van der Waals surface area (Å²) < 4.78 is 5.74. The van der Waals surface area contributed by atoms with Gasteiger partial charge in [-0.25, -0.2) is 4.98 Å². The number of anilines is 1. The van der Waals surface area contributed by atoms with E-state index in [-0.39, 0.29) is 23.7 Å². The molecule has 2 rings (SSSR count).